The molecule has 2 N–H and O–H groups in total. The lowest BCUT2D eigenvalue weighted by Crippen LogP contribution is -2.13. The number of hydrogen-bond acceptors (Lipinski definition) is 5. The van der Waals surface area contributed by atoms with E-state index in [1.807, 2.05) is 30.0 Å². The van der Waals surface area contributed by atoms with Crippen LogP contribution in [0, 0.1) is 0 Å². The summed E-state index contributed by atoms with van der Waals surface area (Å²) in [5.74, 6) is 2.54. The molecule has 2 aromatic rings. The van der Waals surface area contributed by atoms with E-state index in [-0.39, 0.29) is 6.04 Å². The van der Waals surface area contributed by atoms with E-state index >= 15 is 0 Å². The van der Waals surface area contributed by atoms with E-state index < -0.39 is 0 Å². The van der Waals surface area contributed by atoms with Crippen LogP contribution in [0.25, 0.3) is 0 Å². The number of aromatic nitrogens is 2. The van der Waals surface area contributed by atoms with Crippen LogP contribution in [-0.4, -0.2) is 15.9 Å². The molecule has 1 aliphatic rings. The minimum absolute atomic E-state index is 0.227. The van der Waals surface area contributed by atoms with Crippen molar-refractivity contribution in [3.63, 3.8) is 0 Å². The van der Waals surface area contributed by atoms with Crippen molar-refractivity contribution in [3.05, 3.63) is 47.6 Å². The smallest absolute Gasteiger partial charge is 0.243 e. The van der Waals surface area contributed by atoms with Gasteiger partial charge in [-0.1, -0.05) is 35.5 Å². The van der Waals surface area contributed by atoms with Crippen molar-refractivity contribution in [1.82, 2.24) is 10.1 Å². The zero-order chi connectivity index (χ0) is 13.1. The predicted octanol–water partition coefficient (Wildman–Crippen LogP) is 2.88. The summed E-state index contributed by atoms with van der Waals surface area (Å²) in [5.41, 5.74) is 7.32. The highest BCUT2D eigenvalue weighted by molar-refractivity contribution is 7.99. The fraction of sp³-hybridized carbons (Fsp3) is 0.429. The Hall–Kier alpha value is -1.33. The Bertz CT molecular complexity index is 522. The maximum atomic E-state index is 6.14. The van der Waals surface area contributed by atoms with Crippen LogP contribution in [0.1, 0.15) is 41.4 Å². The molecule has 2 heterocycles. The molecule has 0 saturated carbocycles. The molecule has 0 radical (unpaired) electrons. The van der Waals surface area contributed by atoms with Crippen LogP contribution in [0.15, 0.2) is 34.9 Å². The van der Waals surface area contributed by atoms with Gasteiger partial charge in [0.1, 0.15) is 0 Å². The molecule has 1 unspecified atom stereocenters. The van der Waals surface area contributed by atoms with Gasteiger partial charge in [0.05, 0.1) is 11.3 Å². The van der Waals surface area contributed by atoms with Crippen LogP contribution < -0.4 is 5.73 Å². The molecule has 2 atom stereocenters. The Balaban J connectivity index is 1.68. The molecule has 1 aromatic carbocycles. The number of nitrogens with two attached hydrogens (primary N) is 1. The quantitative estimate of drug-likeness (QED) is 0.929. The summed E-state index contributed by atoms with van der Waals surface area (Å²) in [6, 6.07) is 9.91. The summed E-state index contributed by atoms with van der Waals surface area (Å²) in [5, 5.41) is 4.46. The molecule has 1 aliphatic heterocycles. The number of hydrogen-bond donors (Lipinski definition) is 1. The van der Waals surface area contributed by atoms with Gasteiger partial charge in [0.25, 0.3) is 0 Å². The average Bonchev–Trinajstić information content (AvgIpc) is 3.11. The molecule has 1 fully saturated rings. The van der Waals surface area contributed by atoms with Gasteiger partial charge in [-0.05, 0) is 30.6 Å². The van der Waals surface area contributed by atoms with E-state index in [9.17, 15) is 0 Å². The van der Waals surface area contributed by atoms with Crippen LogP contribution in [0.4, 0.5) is 0 Å². The van der Waals surface area contributed by atoms with E-state index in [1.54, 1.807) is 0 Å². The first kappa shape index (κ1) is 12.7. The fourth-order valence-corrected chi connectivity index (χ4v) is 3.46. The second-order valence-corrected chi connectivity index (χ2v) is 6.10. The molecule has 3 rings (SSSR count). The van der Waals surface area contributed by atoms with Crippen molar-refractivity contribution in [1.29, 1.82) is 0 Å². The third-order valence-corrected chi connectivity index (χ3v) is 4.66. The lowest BCUT2D eigenvalue weighted by Gasteiger charge is -2.06. The SMILES string of the molecule is N[C@H](Cc1ccccc1)c1nc(C2CCCS2)no1. The molecular formula is C14H17N3OS. The lowest BCUT2D eigenvalue weighted by molar-refractivity contribution is 0.350. The molecule has 0 amide bonds. The van der Waals surface area contributed by atoms with Crippen molar-refractivity contribution in [2.75, 3.05) is 5.75 Å². The van der Waals surface area contributed by atoms with Crippen LogP contribution in [-0.2, 0) is 6.42 Å². The minimum atomic E-state index is -0.227. The summed E-state index contributed by atoms with van der Waals surface area (Å²) in [7, 11) is 0. The van der Waals surface area contributed by atoms with E-state index in [2.05, 4.69) is 22.3 Å². The van der Waals surface area contributed by atoms with Gasteiger partial charge in [-0.3, -0.25) is 0 Å². The van der Waals surface area contributed by atoms with E-state index in [4.69, 9.17) is 10.3 Å². The Kier molecular flexibility index (Phi) is 3.84. The van der Waals surface area contributed by atoms with Crippen molar-refractivity contribution < 1.29 is 4.52 Å². The molecule has 0 spiro atoms. The van der Waals surface area contributed by atoms with Gasteiger partial charge < -0.3 is 10.3 Å². The normalized spacial score (nSPS) is 20.6. The van der Waals surface area contributed by atoms with Gasteiger partial charge in [0.2, 0.25) is 5.89 Å². The number of benzene rings is 1. The number of rotatable bonds is 4. The standard InChI is InChI=1S/C14H17N3OS/c15-11(9-10-5-2-1-3-6-10)14-16-13(17-18-14)12-7-4-8-19-12/h1-3,5-6,11-12H,4,7-9,15H2/t11-,12?/m1/s1. The van der Waals surface area contributed by atoms with Crippen molar-refractivity contribution in [2.24, 2.45) is 5.73 Å². The first-order chi connectivity index (χ1) is 9.33. The first-order valence-corrected chi connectivity index (χ1v) is 7.62. The van der Waals surface area contributed by atoms with E-state index in [1.165, 1.54) is 17.7 Å². The second kappa shape index (κ2) is 5.75. The first-order valence-electron chi connectivity index (χ1n) is 6.57. The zero-order valence-corrected chi connectivity index (χ0v) is 11.5. The van der Waals surface area contributed by atoms with Gasteiger partial charge in [0, 0.05) is 0 Å². The molecule has 19 heavy (non-hydrogen) atoms. The Morgan fingerprint density at radius 2 is 2.21 bits per heavy atom. The van der Waals surface area contributed by atoms with Gasteiger partial charge in [-0.2, -0.15) is 16.7 Å². The molecule has 5 heteroatoms. The maximum Gasteiger partial charge on any atom is 0.243 e. The molecular weight excluding hydrogens is 258 g/mol. The monoisotopic (exact) mass is 275 g/mol. The molecule has 1 aromatic heterocycles. The van der Waals surface area contributed by atoms with Gasteiger partial charge in [-0.25, -0.2) is 0 Å². The number of thioether (sulfide) groups is 1. The van der Waals surface area contributed by atoms with Gasteiger partial charge in [-0.15, -0.1) is 0 Å². The Labute approximate surface area is 116 Å². The van der Waals surface area contributed by atoms with Gasteiger partial charge in [0.15, 0.2) is 5.82 Å². The van der Waals surface area contributed by atoms with Crippen molar-refractivity contribution >= 4 is 11.8 Å². The molecule has 4 nitrogen and oxygen atoms in total. The predicted molar refractivity (Wildman–Crippen MR) is 75.8 cm³/mol. The maximum absolute atomic E-state index is 6.14. The summed E-state index contributed by atoms with van der Waals surface area (Å²) in [6.07, 6.45) is 3.09. The Morgan fingerprint density at radius 1 is 1.37 bits per heavy atom. The number of nitrogens with zero attached hydrogens (tertiary/aromatic N) is 2. The molecule has 100 valence electrons. The fourth-order valence-electron chi connectivity index (χ4n) is 2.27. The van der Waals surface area contributed by atoms with Crippen molar-refractivity contribution in [2.45, 2.75) is 30.6 Å². The third-order valence-electron chi connectivity index (χ3n) is 3.29. The minimum Gasteiger partial charge on any atom is -0.338 e. The van der Waals surface area contributed by atoms with Crippen LogP contribution in [0.5, 0.6) is 0 Å². The summed E-state index contributed by atoms with van der Waals surface area (Å²) in [6.45, 7) is 0. The molecule has 0 bridgehead atoms. The molecule has 0 aliphatic carbocycles. The highest BCUT2D eigenvalue weighted by Gasteiger charge is 2.24. The summed E-state index contributed by atoms with van der Waals surface area (Å²) >= 11 is 1.90. The third kappa shape index (κ3) is 2.98. The highest BCUT2D eigenvalue weighted by atomic mass is 32.2. The zero-order valence-electron chi connectivity index (χ0n) is 10.7. The average molecular weight is 275 g/mol. The largest absolute Gasteiger partial charge is 0.338 e. The second-order valence-electron chi connectivity index (χ2n) is 4.79. The summed E-state index contributed by atoms with van der Waals surface area (Å²) in [4.78, 5) is 4.46. The summed E-state index contributed by atoms with van der Waals surface area (Å²) < 4.78 is 5.31. The van der Waals surface area contributed by atoms with Crippen LogP contribution in [0.3, 0.4) is 0 Å². The molecule has 1 saturated heterocycles. The van der Waals surface area contributed by atoms with Gasteiger partial charge >= 0.3 is 0 Å². The van der Waals surface area contributed by atoms with E-state index in [0.717, 1.165) is 18.7 Å². The highest BCUT2D eigenvalue weighted by Crippen LogP contribution is 2.38. The van der Waals surface area contributed by atoms with Crippen molar-refractivity contribution in [3.8, 4) is 0 Å². The van der Waals surface area contributed by atoms with Crippen LogP contribution >= 0.6 is 11.8 Å². The van der Waals surface area contributed by atoms with E-state index in [0.29, 0.717) is 11.1 Å². The van der Waals surface area contributed by atoms with Crippen LogP contribution in [0.2, 0.25) is 0 Å². The lowest BCUT2D eigenvalue weighted by atomic mass is 10.1. The topological polar surface area (TPSA) is 64.9 Å². The Morgan fingerprint density at radius 3 is 2.95 bits per heavy atom.